The van der Waals surface area contributed by atoms with Crippen LogP contribution in [0.1, 0.15) is 21.6 Å². The number of carbonyl (C=O) groups is 1. The molecule has 0 fully saturated rings. The molecular weight excluding hydrogens is 429 g/mol. The predicted molar refractivity (Wildman–Crippen MR) is 115 cm³/mol. The summed E-state index contributed by atoms with van der Waals surface area (Å²) < 4.78 is 12.6. The van der Waals surface area contributed by atoms with E-state index in [-0.39, 0.29) is 22.8 Å². The highest BCUT2D eigenvalue weighted by molar-refractivity contribution is 6.34. The number of aromatic nitrogens is 1. The van der Waals surface area contributed by atoms with Crippen molar-refractivity contribution in [3.63, 3.8) is 0 Å². The van der Waals surface area contributed by atoms with E-state index in [2.05, 4.69) is 0 Å². The lowest BCUT2D eigenvalue weighted by Gasteiger charge is -2.17. The Morgan fingerprint density at radius 2 is 1.70 bits per heavy atom. The van der Waals surface area contributed by atoms with Crippen LogP contribution in [0.3, 0.4) is 0 Å². The summed E-state index contributed by atoms with van der Waals surface area (Å²) in [5.74, 6) is 0.0967. The molecule has 0 bridgehead atoms. The van der Waals surface area contributed by atoms with Gasteiger partial charge in [0, 0.05) is 6.54 Å². The number of ether oxygens (including phenoxy) is 2. The molecule has 0 unspecified atom stereocenters. The number of halogens is 2. The first-order valence-electron chi connectivity index (χ1n) is 9.06. The summed E-state index contributed by atoms with van der Waals surface area (Å²) in [5.41, 5.74) is 1.19. The quantitative estimate of drug-likeness (QED) is 0.542. The van der Waals surface area contributed by atoms with E-state index in [1.54, 1.807) is 31.4 Å². The fraction of sp³-hybridized carbons (Fsp3) is 0.182. The van der Waals surface area contributed by atoms with Crippen LogP contribution in [-0.2, 0) is 19.6 Å². The molecule has 0 aliphatic heterocycles. The molecular formula is C22H19Cl2NO5. The molecule has 0 amide bonds. The molecule has 0 saturated carbocycles. The van der Waals surface area contributed by atoms with Crippen LogP contribution in [0.15, 0.2) is 59.4 Å². The summed E-state index contributed by atoms with van der Waals surface area (Å²) in [4.78, 5) is 23.6. The second kappa shape index (κ2) is 9.69. The van der Waals surface area contributed by atoms with Crippen LogP contribution in [0.5, 0.6) is 11.5 Å². The second-order valence-electron chi connectivity index (χ2n) is 6.44. The fourth-order valence-corrected chi connectivity index (χ4v) is 3.49. The average Bonchev–Trinajstić information content (AvgIpc) is 2.75. The van der Waals surface area contributed by atoms with E-state index in [0.29, 0.717) is 35.2 Å². The van der Waals surface area contributed by atoms with Gasteiger partial charge in [-0.25, -0.2) is 4.79 Å². The highest BCUT2D eigenvalue weighted by atomic mass is 35.5. The summed E-state index contributed by atoms with van der Waals surface area (Å²) in [6.45, 7) is 0.347. The maximum atomic E-state index is 12.7. The van der Waals surface area contributed by atoms with Gasteiger partial charge in [0.15, 0.2) is 11.5 Å². The molecule has 3 rings (SSSR count). The maximum Gasteiger partial charge on any atom is 0.335 e. The number of nitrogens with zero attached hydrogens (tertiary/aromatic N) is 1. The third-order valence-electron chi connectivity index (χ3n) is 4.56. The zero-order chi connectivity index (χ0) is 21.7. The monoisotopic (exact) mass is 447 g/mol. The molecule has 0 radical (unpaired) electrons. The number of benzene rings is 2. The van der Waals surface area contributed by atoms with Crippen molar-refractivity contribution in [2.75, 3.05) is 7.11 Å². The summed E-state index contributed by atoms with van der Waals surface area (Å²) in [6.07, 6.45) is 0.484. The zero-order valence-electron chi connectivity index (χ0n) is 16.1. The van der Waals surface area contributed by atoms with Crippen LogP contribution in [0.25, 0.3) is 0 Å². The van der Waals surface area contributed by atoms with Gasteiger partial charge in [0.05, 0.1) is 23.4 Å². The first kappa shape index (κ1) is 21.7. The first-order valence-corrected chi connectivity index (χ1v) is 9.82. The summed E-state index contributed by atoms with van der Waals surface area (Å²) in [6, 6.07) is 15.1. The van der Waals surface area contributed by atoms with Gasteiger partial charge >= 0.3 is 5.97 Å². The number of carboxylic acid groups (broad SMARTS) is 1. The zero-order valence-corrected chi connectivity index (χ0v) is 17.6. The smallest absolute Gasteiger partial charge is 0.335 e. The van der Waals surface area contributed by atoms with E-state index in [4.69, 9.17) is 37.8 Å². The van der Waals surface area contributed by atoms with E-state index in [9.17, 15) is 9.59 Å². The lowest BCUT2D eigenvalue weighted by Crippen LogP contribution is -2.26. The highest BCUT2D eigenvalue weighted by Crippen LogP contribution is 2.28. The number of para-hydroxylation sites is 2. The minimum Gasteiger partial charge on any atom is -0.493 e. The van der Waals surface area contributed by atoms with Crippen LogP contribution in [0.2, 0.25) is 10.0 Å². The number of rotatable bonds is 8. The van der Waals surface area contributed by atoms with Gasteiger partial charge in [-0.05, 0) is 42.3 Å². The van der Waals surface area contributed by atoms with Gasteiger partial charge < -0.3 is 19.1 Å². The SMILES string of the molecule is COc1ccccc1OCc1c(Cl)cc(Cl)c(=O)n1CCc1ccc(C(=O)O)cc1. The molecule has 3 aromatic rings. The van der Waals surface area contributed by atoms with Crippen molar-refractivity contribution in [1.29, 1.82) is 0 Å². The molecule has 0 saturated heterocycles. The van der Waals surface area contributed by atoms with Gasteiger partial charge in [-0.3, -0.25) is 4.79 Å². The van der Waals surface area contributed by atoms with Gasteiger partial charge in [-0.2, -0.15) is 0 Å². The van der Waals surface area contributed by atoms with Crippen molar-refractivity contribution < 1.29 is 19.4 Å². The molecule has 156 valence electrons. The third-order valence-corrected chi connectivity index (χ3v) is 5.16. The van der Waals surface area contributed by atoms with Crippen molar-refractivity contribution in [3.05, 3.63) is 91.8 Å². The molecule has 2 aromatic carbocycles. The summed E-state index contributed by atoms with van der Waals surface area (Å²) in [7, 11) is 1.54. The van der Waals surface area contributed by atoms with E-state index in [1.807, 2.05) is 12.1 Å². The predicted octanol–water partition coefficient (Wildman–Crippen LogP) is 4.68. The normalized spacial score (nSPS) is 10.6. The molecule has 0 aliphatic carbocycles. The fourth-order valence-electron chi connectivity index (χ4n) is 2.96. The maximum absolute atomic E-state index is 12.7. The van der Waals surface area contributed by atoms with Crippen LogP contribution in [-0.4, -0.2) is 22.8 Å². The highest BCUT2D eigenvalue weighted by Gasteiger charge is 2.15. The Hall–Kier alpha value is -2.96. The molecule has 6 nitrogen and oxygen atoms in total. The molecule has 0 aliphatic rings. The lowest BCUT2D eigenvalue weighted by atomic mass is 10.1. The summed E-state index contributed by atoms with van der Waals surface area (Å²) in [5, 5.41) is 9.34. The number of hydrogen-bond donors (Lipinski definition) is 1. The number of carboxylic acids is 1. The van der Waals surface area contributed by atoms with Crippen molar-refractivity contribution in [1.82, 2.24) is 4.57 Å². The Balaban J connectivity index is 1.84. The Morgan fingerprint density at radius 1 is 1.03 bits per heavy atom. The van der Waals surface area contributed by atoms with Gasteiger partial charge in [-0.15, -0.1) is 0 Å². The average molecular weight is 448 g/mol. The Kier molecular flexibility index (Phi) is 7.03. The Bertz CT molecular complexity index is 1110. The van der Waals surface area contributed by atoms with E-state index in [0.717, 1.165) is 5.56 Å². The number of pyridine rings is 1. The van der Waals surface area contributed by atoms with Crippen LogP contribution in [0, 0.1) is 0 Å². The molecule has 1 N–H and O–H groups in total. The van der Waals surface area contributed by atoms with Crippen LogP contribution >= 0.6 is 23.2 Å². The van der Waals surface area contributed by atoms with Crippen LogP contribution < -0.4 is 15.0 Å². The summed E-state index contributed by atoms with van der Waals surface area (Å²) >= 11 is 12.4. The number of methoxy groups -OCH3 is 1. The van der Waals surface area contributed by atoms with Gasteiger partial charge in [0.2, 0.25) is 0 Å². The van der Waals surface area contributed by atoms with Crippen molar-refractivity contribution in [3.8, 4) is 11.5 Å². The van der Waals surface area contributed by atoms with E-state index < -0.39 is 5.97 Å². The van der Waals surface area contributed by atoms with Gasteiger partial charge in [0.25, 0.3) is 5.56 Å². The Morgan fingerprint density at radius 3 is 2.33 bits per heavy atom. The number of hydrogen-bond acceptors (Lipinski definition) is 4. The third kappa shape index (κ3) is 4.96. The first-order chi connectivity index (χ1) is 14.4. The number of aromatic carboxylic acids is 1. The van der Waals surface area contributed by atoms with Crippen LogP contribution in [0.4, 0.5) is 0 Å². The minimum atomic E-state index is -0.991. The van der Waals surface area contributed by atoms with E-state index >= 15 is 0 Å². The molecule has 30 heavy (non-hydrogen) atoms. The van der Waals surface area contributed by atoms with E-state index in [1.165, 1.54) is 22.8 Å². The molecule has 0 spiro atoms. The standard InChI is InChI=1S/C22H19Cl2NO5/c1-29-19-4-2-3-5-20(19)30-13-18-16(23)12-17(24)21(26)25(18)11-10-14-6-8-15(9-7-14)22(27)28/h2-9,12H,10-11,13H2,1H3,(H,27,28). The molecule has 8 heteroatoms. The molecule has 0 atom stereocenters. The van der Waals surface area contributed by atoms with Gasteiger partial charge in [-0.1, -0.05) is 47.5 Å². The van der Waals surface area contributed by atoms with Crippen molar-refractivity contribution >= 4 is 29.2 Å². The largest absolute Gasteiger partial charge is 0.493 e. The second-order valence-corrected chi connectivity index (χ2v) is 7.25. The van der Waals surface area contributed by atoms with Crippen molar-refractivity contribution in [2.45, 2.75) is 19.6 Å². The topological polar surface area (TPSA) is 77.8 Å². The number of aryl methyl sites for hydroxylation is 1. The molecule has 1 aromatic heterocycles. The molecule has 1 heterocycles. The Labute approximate surface area is 183 Å². The lowest BCUT2D eigenvalue weighted by molar-refractivity contribution is 0.0697. The van der Waals surface area contributed by atoms with Gasteiger partial charge in [0.1, 0.15) is 11.6 Å². The minimum absolute atomic E-state index is 0.0160. The van der Waals surface area contributed by atoms with Crippen molar-refractivity contribution in [2.24, 2.45) is 0 Å².